The van der Waals surface area contributed by atoms with Crippen LogP contribution in [0.2, 0.25) is 0 Å². The number of hydrogen-bond donors (Lipinski definition) is 1. The molecule has 2 aromatic carbocycles. The average Bonchev–Trinajstić information content (AvgIpc) is 3.03. The quantitative estimate of drug-likeness (QED) is 0.349. The molecule has 33 heavy (non-hydrogen) atoms. The van der Waals surface area contributed by atoms with E-state index in [-0.39, 0.29) is 11.3 Å². The lowest BCUT2D eigenvalue weighted by molar-refractivity contribution is -0.139. The Bertz CT molecular complexity index is 1010. The molecule has 0 aliphatic carbocycles. The molecule has 1 fully saturated rings. The lowest BCUT2D eigenvalue weighted by Gasteiger charge is -2.26. The maximum atomic E-state index is 13.6. The van der Waals surface area contributed by atoms with Crippen LogP contribution in [0.3, 0.4) is 0 Å². The van der Waals surface area contributed by atoms with E-state index in [2.05, 4.69) is 0 Å². The van der Waals surface area contributed by atoms with Gasteiger partial charge in [0, 0.05) is 12.1 Å². The summed E-state index contributed by atoms with van der Waals surface area (Å²) in [6.45, 7) is 5.73. The topological polar surface area (TPSA) is 70.1 Å². The Morgan fingerprint density at radius 2 is 1.73 bits per heavy atom. The summed E-state index contributed by atoms with van der Waals surface area (Å²) in [5, 5.41) is 11.1. The van der Waals surface area contributed by atoms with Crippen LogP contribution >= 0.6 is 0 Å². The van der Waals surface area contributed by atoms with Gasteiger partial charge in [0.05, 0.1) is 18.2 Å². The van der Waals surface area contributed by atoms with Gasteiger partial charge in [0.15, 0.2) is 0 Å². The normalized spacial score (nSPS) is 17.9. The highest BCUT2D eigenvalue weighted by Gasteiger charge is 2.45. The van der Waals surface area contributed by atoms with Gasteiger partial charge in [0.2, 0.25) is 0 Å². The Morgan fingerprint density at radius 1 is 1.09 bits per heavy atom. The van der Waals surface area contributed by atoms with E-state index in [9.17, 15) is 19.1 Å². The summed E-state index contributed by atoms with van der Waals surface area (Å²) >= 11 is 0. The average molecular weight is 455 g/mol. The van der Waals surface area contributed by atoms with Crippen LogP contribution in [0.15, 0.2) is 54.1 Å². The predicted molar refractivity (Wildman–Crippen MR) is 125 cm³/mol. The summed E-state index contributed by atoms with van der Waals surface area (Å²) in [6, 6.07) is 11.6. The summed E-state index contributed by atoms with van der Waals surface area (Å²) in [5.41, 5.74) is 0.983. The number of carbonyl (C=O) groups excluding carboxylic acids is 2. The number of carbonyl (C=O) groups is 2. The zero-order valence-corrected chi connectivity index (χ0v) is 19.5. The third-order valence-corrected chi connectivity index (χ3v) is 5.44. The van der Waals surface area contributed by atoms with Gasteiger partial charge < -0.3 is 19.6 Å². The van der Waals surface area contributed by atoms with Crippen LogP contribution in [-0.2, 0) is 9.59 Å². The van der Waals surface area contributed by atoms with Gasteiger partial charge >= 0.3 is 0 Å². The van der Waals surface area contributed by atoms with E-state index in [1.165, 1.54) is 17.0 Å². The molecule has 0 unspecified atom stereocenters. The fourth-order valence-electron chi connectivity index (χ4n) is 3.79. The van der Waals surface area contributed by atoms with Gasteiger partial charge in [-0.25, -0.2) is 4.39 Å². The molecule has 0 spiro atoms. The molecule has 1 aliphatic rings. The number of halogens is 1. The minimum atomic E-state index is -0.787. The molecule has 0 bridgehead atoms. The molecular weight excluding hydrogens is 423 g/mol. The van der Waals surface area contributed by atoms with E-state index < -0.39 is 23.5 Å². The lowest BCUT2D eigenvalue weighted by Crippen LogP contribution is -2.32. The highest BCUT2D eigenvalue weighted by Crippen LogP contribution is 2.39. The van der Waals surface area contributed by atoms with Gasteiger partial charge in [0.1, 0.15) is 17.3 Å². The van der Waals surface area contributed by atoms with E-state index in [4.69, 9.17) is 4.74 Å². The number of ketones is 1. The number of amides is 1. The van der Waals surface area contributed by atoms with Crippen molar-refractivity contribution in [3.05, 3.63) is 71.0 Å². The molecule has 3 rings (SSSR count). The first-order valence-corrected chi connectivity index (χ1v) is 11.1. The minimum absolute atomic E-state index is 0.00677. The summed E-state index contributed by atoms with van der Waals surface area (Å²) in [4.78, 5) is 29.4. The van der Waals surface area contributed by atoms with E-state index in [0.29, 0.717) is 42.4 Å². The first-order chi connectivity index (χ1) is 15.7. The molecule has 0 saturated carbocycles. The molecule has 2 aromatic rings. The fourth-order valence-corrected chi connectivity index (χ4v) is 3.79. The third kappa shape index (κ3) is 5.79. The molecule has 0 radical (unpaired) electrons. The van der Waals surface area contributed by atoms with E-state index in [1.54, 1.807) is 36.4 Å². The maximum Gasteiger partial charge on any atom is 0.295 e. The van der Waals surface area contributed by atoms with Crippen LogP contribution in [0, 0.1) is 11.7 Å². The number of ether oxygens (including phenoxy) is 1. The summed E-state index contributed by atoms with van der Waals surface area (Å²) in [5.74, 6) is -1.06. The zero-order valence-electron chi connectivity index (χ0n) is 19.5. The second-order valence-corrected chi connectivity index (χ2v) is 8.93. The van der Waals surface area contributed by atoms with Gasteiger partial charge in [-0.1, -0.05) is 26.0 Å². The third-order valence-electron chi connectivity index (χ3n) is 5.44. The summed E-state index contributed by atoms with van der Waals surface area (Å²) < 4.78 is 19.2. The van der Waals surface area contributed by atoms with Crippen molar-refractivity contribution in [2.45, 2.75) is 26.3 Å². The van der Waals surface area contributed by atoms with Crippen molar-refractivity contribution in [1.82, 2.24) is 9.80 Å². The Hall–Kier alpha value is -3.19. The number of likely N-dealkylation sites (tertiary alicyclic amines) is 1. The number of nitrogens with zero attached hydrogens (tertiary/aromatic N) is 2. The van der Waals surface area contributed by atoms with Crippen molar-refractivity contribution in [1.29, 1.82) is 0 Å². The Labute approximate surface area is 194 Å². The lowest BCUT2D eigenvalue weighted by atomic mass is 9.95. The van der Waals surface area contributed by atoms with Crippen molar-refractivity contribution in [2.24, 2.45) is 5.92 Å². The monoisotopic (exact) mass is 454 g/mol. The molecule has 1 N–H and O–H groups in total. The minimum Gasteiger partial charge on any atom is -0.507 e. The molecule has 7 heteroatoms. The molecule has 1 amide bonds. The maximum absolute atomic E-state index is 13.6. The molecule has 176 valence electrons. The van der Waals surface area contributed by atoms with Crippen LogP contribution in [-0.4, -0.2) is 60.4 Å². The second kappa shape index (κ2) is 10.6. The number of benzene rings is 2. The number of hydrogen-bond acceptors (Lipinski definition) is 5. The highest BCUT2D eigenvalue weighted by atomic mass is 19.1. The number of aliphatic hydroxyl groups is 1. The Morgan fingerprint density at radius 3 is 2.30 bits per heavy atom. The predicted octanol–water partition coefficient (Wildman–Crippen LogP) is 4.23. The van der Waals surface area contributed by atoms with Crippen molar-refractivity contribution < 1.29 is 23.8 Å². The zero-order chi connectivity index (χ0) is 24.1. The van der Waals surface area contributed by atoms with E-state index in [0.717, 1.165) is 6.54 Å². The van der Waals surface area contributed by atoms with Crippen LogP contribution < -0.4 is 4.74 Å². The number of aliphatic hydroxyl groups excluding tert-OH is 1. The highest BCUT2D eigenvalue weighted by molar-refractivity contribution is 6.46. The van der Waals surface area contributed by atoms with Gasteiger partial charge in [-0.3, -0.25) is 9.59 Å². The van der Waals surface area contributed by atoms with Crippen LogP contribution in [0.4, 0.5) is 4.39 Å². The summed E-state index contributed by atoms with van der Waals surface area (Å²) in [6.07, 6.45) is 0.652. The van der Waals surface area contributed by atoms with E-state index >= 15 is 0 Å². The first-order valence-electron chi connectivity index (χ1n) is 11.1. The van der Waals surface area contributed by atoms with Crippen molar-refractivity contribution in [3.63, 3.8) is 0 Å². The molecule has 1 aliphatic heterocycles. The van der Waals surface area contributed by atoms with Crippen molar-refractivity contribution in [2.75, 3.05) is 33.8 Å². The molecule has 1 heterocycles. The summed E-state index contributed by atoms with van der Waals surface area (Å²) in [7, 11) is 3.86. The molecular formula is C26H31FN2O4. The number of Topliss-reactive ketones (excluding diaryl/α,β-unsaturated/α-hetero) is 1. The van der Waals surface area contributed by atoms with Gasteiger partial charge in [0.25, 0.3) is 11.7 Å². The SMILES string of the molecule is CC(C)COc1ccc(C(O)=C2C(=O)C(=O)N(CCCN(C)C)[C@@H]2c2ccc(F)cc2)cc1. The van der Waals surface area contributed by atoms with Gasteiger partial charge in [-0.15, -0.1) is 0 Å². The Kier molecular flexibility index (Phi) is 7.87. The first kappa shape index (κ1) is 24.5. The number of rotatable bonds is 9. The molecule has 6 nitrogen and oxygen atoms in total. The van der Waals surface area contributed by atoms with Crippen LogP contribution in [0.25, 0.3) is 5.76 Å². The van der Waals surface area contributed by atoms with Crippen LogP contribution in [0.5, 0.6) is 5.75 Å². The van der Waals surface area contributed by atoms with Gasteiger partial charge in [-0.05, 0) is 74.9 Å². The van der Waals surface area contributed by atoms with Gasteiger partial charge in [-0.2, -0.15) is 0 Å². The van der Waals surface area contributed by atoms with E-state index in [1.807, 2.05) is 32.8 Å². The van der Waals surface area contributed by atoms with Crippen LogP contribution in [0.1, 0.15) is 37.4 Å². The molecule has 0 aromatic heterocycles. The second-order valence-electron chi connectivity index (χ2n) is 8.93. The Balaban J connectivity index is 1.99. The smallest absolute Gasteiger partial charge is 0.295 e. The van der Waals surface area contributed by atoms with Crippen molar-refractivity contribution in [3.8, 4) is 5.75 Å². The fraction of sp³-hybridized carbons (Fsp3) is 0.385. The van der Waals surface area contributed by atoms with Crippen molar-refractivity contribution >= 4 is 17.4 Å². The standard InChI is InChI=1S/C26H31FN2O4/c1-17(2)16-33-21-12-8-19(9-13-21)24(30)22-23(18-6-10-20(27)11-7-18)29(26(32)25(22)31)15-5-14-28(3)4/h6-13,17,23,30H,5,14-16H2,1-4H3/t23-/m1/s1. The largest absolute Gasteiger partial charge is 0.507 e. The molecule has 1 saturated heterocycles. The molecule has 1 atom stereocenters.